The molecule has 0 aliphatic heterocycles. The first-order valence-electron chi connectivity index (χ1n) is 6.90. The van der Waals surface area contributed by atoms with E-state index in [0.717, 1.165) is 12.1 Å². The van der Waals surface area contributed by atoms with Crippen molar-refractivity contribution in [3.8, 4) is 11.5 Å². The maximum absolute atomic E-state index is 9.89. The third-order valence-corrected chi connectivity index (χ3v) is 3.19. The van der Waals surface area contributed by atoms with Gasteiger partial charge in [-0.1, -0.05) is 24.6 Å². The Kier molecular flexibility index (Phi) is 4.98. The van der Waals surface area contributed by atoms with Crippen LogP contribution in [0.5, 0.6) is 0 Å². The van der Waals surface area contributed by atoms with Crippen LogP contribution in [-0.2, 0) is 6.54 Å². The van der Waals surface area contributed by atoms with E-state index in [1.165, 1.54) is 0 Å². The summed E-state index contributed by atoms with van der Waals surface area (Å²) in [7, 11) is 0. The van der Waals surface area contributed by atoms with E-state index >= 15 is 0 Å². The molecule has 6 heteroatoms. The van der Waals surface area contributed by atoms with Crippen LogP contribution < -0.4 is 0 Å². The zero-order chi connectivity index (χ0) is 15.5. The van der Waals surface area contributed by atoms with Gasteiger partial charge in [0.25, 0.3) is 0 Å². The molecule has 5 nitrogen and oxygen atoms in total. The summed E-state index contributed by atoms with van der Waals surface area (Å²) in [4.78, 5) is 2.05. The second kappa shape index (κ2) is 6.56. The standard InChI is InChI=1S/C15H20ClN3O2/c1-4-19(10-15(2,3)20)9-13-17-18-14(21-13)11-6-5-7-12(16)8-11/h5-8,20H,4,9-10H2,1-3H3. The summed E-state index contributed by atoms with van der Waals surface area (Å²) >= 11 is 5.96. The van der Waals surface area contributed by atoms with Crippen LogP contribution in [-0.4, -0.2) is 38.9 Å². The molecular weight excluding hydrogens is 290 g/mol. The summed E-state index contributed by atoms with van der Waals surface area (Å²) in [5.74, 6) is 0.975. The van der Waals surface area contributed by atoms with Crippen molar-refractivity contribution in [1.82, 2.24) is 15.1 Å². The third-order valence-electron chi connectivity index (χ3n) is 2.96. The Bertz CT molecular complexity index is 593. The Hall–Kier alpha value is -1.43. The predicted molar refractivity (Wildman–Crippen MR) is 82.0 cm³/mol. The molecule has 1 aromatic heterocycles. The Morgan fingerprint density at radius 1 is 1.33 bits per heavy atom. The van der Waals surface area contributed by atoms with Crippen LogP contribution in [0.1, 0.15) is 26.7 Å². The van der Waals surface area contributed by atoms with Crippen LogP contribution in [0.4, 0.5) is 0 Å². The normalized spacial score (nSPS) is 12.1. The van der Waals surface area contributed by atoms with Crippen molar-refractivity contribution in [2.75, 3.05) is 13.1 Å². The van der Waals surface area contributed by atoms with E-state index in [9.17, 15) is 5.11 Å². The van der Waals surface area contributed by atoms with Crippen molar-refractivity contribution in [3.05, 3.63) is 35.2 Å². The number of benzene rings is 1. The lowest BCUT2D eigenvalue weighted by molar-refractivity contribution is 0.0329. The number of aromatic nitrogens is 2. The van der Waals surface area contributed by atoms with Gasteiger partial charge in [-0.25, -0.2) is 0 Å². The Morgan fingerprint density at radius 2 is 2.10 bits per heavy atom. The van der Waals surface area contributed by atoms with E-state index in [0.29, 0.717) is 29.9 Å². The molecule has 2 rings (SSSR count). The first-order chi connectivity index (χ1) is 9.87. The highest BCUT2D eigenvalue weighted by atomic mass is 35.5. The first kappa shape index (κ1) is 15.9. The van der Waals surface area contributed by atoms with Gasteiger partial charge in [0.05, 0.1) is 12.1 Å². The molecule has 1 N–H and O–H groups in total. The molecule has 0 atom stereocenters. The minimum atomic E-state index is -0.758. The largest absolute Gasteiger partial charge is 0.419 e. The topological polar surface area (TPSA) is 62.4 Å². The van der Waals surface area contributed by atoms with Crippen molar-refractivity contribution >= 4 is 11.6 Å². The molecule has 0 spiro atoms. The van der Waals surface area contributed by atoms with Gasteiger partial charge in [-0.15, -0.1) is 10.2 Å². The lowest BCUT2D eigenvalue weighted by Crippen LogP contribution is -2.38. The van der Waals surface area contributed by atoms with E-state index in [2.05, 4.69) is 15.1 Å². The van der Waals surface area contributed by atoms with Gasteiger partial charge in [0.2, 0.25) is 11.8 Å². The summed E-state index contributed by atoms with van der Waals surface area (Å²) in [5.41, 5.74) is 0.0398. The fourth-order valence-electron chi connectivity index (χ4n) is 2.07. The Morgan fingerprint density at radius 3 is 2.71 bits per heavy atom. The summed E-state index contributed by atoms with van der Waals surface area (Å²) in [5, 5.41) is 18.6. The fourth-order valence-corrected chi connectivity index (χ4v) is 2.26. The van der Waals surface area contributed by atoms with Gasteiger partial charge in [-0.3, -0.25) is 4.90 Å². The molecule has 0 fully saturated rings. The monoisotopic (exact) mass is 309 g/mol. The summed E-state index contributed by atoms with van der Waals surface area (Å²) < 4.78 is 5.67. The van der Waals surface area contributed by atoms with E-state index < -0.39 is 5.60 Å². The van der Waals surface area contributed by atoms with Gasteiger partial charge in [0.1, 0.15) is 0 Å². The van der Waals surface area contributed by atoms with Crippen molar-refractivity contribution in [2.24, 2.45) is 0 Å². The zero-order valence-corrected chi connectivity index (χ0v) is 13.3. The van der Waals surface area contributed by atoms with Crippen molar-refractivity contribution in [3.63, 3.8) is 0 Å². The highest BCUT2D eigenvalue weighted by Gasteiger charge is 2.19. The fraction of sp³-hybridized carbons (Fsp3) is 0.467. The zero-order valence-electron chi connectivity index (χ0n) is 12.5. The minimum Gasteiger partial charge on any atom is -0.419 e. The lowest BCUT2D eigenvalue weighted by Gasteiger charge is -2.26. The van der Waals surface area contributed by atoms with Gasteiger partial charge in [-0.05, 0) is 38.6 Å². The van der Waals surface area contributed by atoms with Crippen LogP contribution in [0, 0.1) is 0 Å². The van der Waals surface area contributed by atoms with Gasteiger partial charge < -0.3 is 9.52 Å². The molecular formula is C15H20ClN3O2. The number of nitrogens with zero attached hydrogens (tertiary/aromatic N) is 3. The molecule has 1 heterocycles. The molecule has 0 aliphatic rings. The molecule has 0 saturated carbocycles. The van der Waals surface area contributed by atoms with Gasteiger partial charge in [0, 0.05) is 17.1 Å². The molecule has 1 aromatic carbocycles. The van der Waals surface area contributed by atoms with E-state index in [1.54, 1.807) is 26.0 Å². The molecule has 0 unspecified atom stereocenters. The second-order valence-corrected chi connectivity index (χ2v) is 6.06. The SMILES string of the molecule is CCN(Cc1nnc(-c2cccc(Cl)c2)o1)CC(C)(C)O. The van der Waals surface area contributed by atoms with Crippen molar-refractivity contribution in [2.45, 2.75) is 32.9 Å². The van der Waals surface area contributed by atoms with Crippen LogP contribution in [0.3, 0.4) is 0 Å². The Balaban J connectivity index is 2.09. The summed E-state index contributed by atoms with van der Waals surface area (Å²) in [6, 6.07) is 7.30. The molecule has 21 heavy (non-hydrogen) atoms. The minimum absolute atomic E-state index is 0.451. The highest BCUT2D eigenvalue weighted by Crippen LogP contribution is 2.22. The smallest absolute Gasteiger partial charge is 0.247 e. The quantitative estimate of drug-likeness (QED) is 0.889. The average molecular weight is 310 g/mol. The third kappa shape index (κ3) is 4.81. The number of aliphatic hydroxyl groups is 1. The molecule has 0 amide bonds. The average Bonchev–Trinajstić information content (AvgIpc) is 2.85. The van der Waals surface area contributed by atoms with Crippen LogP contribution in [0.25, 0.3) is 11.5 Å². The number of hydrogen-bond donors (Lipinski definition) is 1. The molecule has 0 saturated heterocycles. The number of halogens is 1. The maximum atomic E-state index is 9.89. The number of hydrogen-bond acceptors (Lipinski definition) is 5. The number of likely N-dealkylation sites (N-methyl/N-ethyl adjacent to an activating group) is 1. The van der Waals surface area contributed by atoms with Crippen molar-refractivity contribution in [1.29, 1.82) is 0 Å². The van der Waals surface area contributed by atoms with E-state index in [1.807, 2.05) is 19.1 Å². The molecule has 0 bridgehead atoms. The molecule has 114 valence electrons. The van der Waals surface area contributed by atoms with Crippen LogP contribution in [0.15, 0.2) is 28.7 Å². The van der Waals surface area contributed by atoms with Gasteiger partial charge in [0.15, 0.2) is 0 Å². The Labute approximate surface area is 129 Å². The molecule has 2 aromatic rings. The van der Waals surface area contributed by atoms with Gasteiger partial charge >= 0.3 is 0 Å². The second-order valence-electron chi connectivity index (χ2n) is 5.63. The van der Waals surface area contributed by atoms with Crippen molar-refractivity contribution < 1.29 is 9.52 Å². The van der Waals surface area contributed by atoms with E-state index in [-0.39, 0.29) is 0 Å². The summed E-state index contributed by atoms with van der Waals surface area (Å²) in [6.45, 7) is 7.42. The first-order valence-corrected chi connectivity index (χ1v) is 7.28. The highest BCUT2D eigenvalue weighted by molar-refractivity contribution is 6.30. The number of rotatable bonds is 6. The maximum Gasteiger partial charge on any atom is 0.247 e. The predicted octanol–water partition coefficient (Wildman–Crippen LogP) is 2.98. The van der Waals surface area contributed by atoms with Crippen LogP contribution >= 0.6 is 11.6 Å². The van der Waals surface area contributed by atoms with E-state index in [4.69, 9.17) is 16.0 Å². The van der Waals surface area contributed by atoms with Gasteiger partial charge in [-0.2, -0.15) is 0 Å². The lowest BCUT2D eigenvalue weighted by atomic mass is 10.1. The molecule has 0 radical (unpaired) electrons. The summed E-state index contributed by atoms with van der Waals surface area (Å²) in [6.07, 6.45) is 0. The molecule has 0 aliphatic carbocycles. The van der Waals surface area contributed by atoms with Crippen LogP contribution in [0.2, 0.25) is 5.02 Å².